The Balaban J connectivity index is 2.08. The molecule has 0 radical (unpaired) electrons. The number of hydrogen-bond donors (Lipinski definition) is 7. The Hall–Kier alpha value is -4.55. The van der Waals surface area contributed by atoms with Crippen LogP contribution in [-0.4, -0.2) is 67.8 Å². The van der Waals surface area contributed by atoms with Gasteiger partial charge in [-0.1, -0.05) is 6.07 Å². The van der Waals surface area contributed by atoms with Gasteiger partial charge in [0.05, 0.1) is 33.2 Å². The van der Waals surface area contributed by atoms with Crippen LogP contribution in [-0.2, 0) is 4.74 Å². The van der Waals surface area contributed by atoms with Crippen molar-refractivity contribution in [2.75, 3.05) is 13.7 Å². The highest BCUT2D eigenvalue weighted by Gasteiger charge is 2.30. The maximum atomic E-state index is 13.9. The van der Waals surface area contributed by atoms with Gasteiger partial charge in [0.2, 0.25) is 16.3 Å². The molecule has 0 amide bonds. The fourth-order valence-electron chi connectivity index (χ4n) is 5.89. The van der Waals surface area contributed by atoms with Crippen LogP contribution in [0.2, 0.25) is 0 Å². The number of methoxy groups -OCH3 is 1. The first-order chi connectivity index (χ1) is 19.7. The largest absolute Gasteiger partial charge is 0.512 e. The molecule has 42 heavy (non-hydrogen) atoms. The fraction of sp³-hybridized carbons (Fsp3) is 0.258. The van der Waals surface area contributed by atoms with Gasteiger partial charge in [-0.2, -0.15) is 0 Å². The van der Waals surface area contributed by atoms with Gasteiger partial charge in [0.1, 0.15) is 41.3 Å². The molecule has 0 aromatic heterocycles. The molecule has 0 spiro atoms. The number of aromatic hydroxyl groups is 2. The topological polar surface area (TPSA) is 202 Å². The highest BCUT2D eigenvalue weighted by molar-refractivity contribution is 6.32. The molecule has 0 aliphatic heterocycles. The van der Waals surface area contributed by atoms with Crippen LogP contribution < -0.4 is 26.7 Å². The zero-order chi connectivity index (χ0) is 30.9. The third-order valence-electron chi connectivity index (χ3n) is 7.84. The molecule has 0 fully saturated rings. The van der Waals surface area contributed by atoms with Crippen molar-refractivity contribution in [3.63, 3.8) is 0 Å². The molecule has 0 aliphatic carbocycles. The van der Waals surface area contributed by atoms with Gasteiger partial charge >= 0.3 is 0 Å². The molecule has 5 aromatic carbocycles. The van der Waals surface area contributed by atoms with Crippen LogP contribution in [0.5, 0.6) is 11.5 Å². The molecule has 0 heterocycles. The summed E-state index contributed by atoms with van der Waals surface area (Å²) in [6.07, 6.45) is -5.71. The van der Waals surface area contributed by atoms with Gasteiger partial charge < -0.3 is 40.5 Å². The number of benzene rings is 5. The quantitative estimate of drug-likeness (QED) is 0.113. The molecule has 0 unspecified atom stereocenters. The number of phenolic OH excluding ortho intramolecular Hbond substituents is 2. The van der Waals surface area contributed by atoms with E-state index in [2.05, 4.69) is 0 Å². The number of ether oxygens (including phenoxy) is 1. The number of phenols is 2. The van der Waals surface area contributed by atoms with E-state index >= 15 is 0 Å². The lowest BCUT2D eigenvalue weighted by Crippen LogP contribution is -2.44. The van der Waals surface area contributed by atoms with Crippen LogP contribution in [0.1, 0.15) is 18.1 Å². The van der Waals surface area contributed by atoms with Gasteiger partial charge in [-0.25, -0.2) is 0 Å². The Bertz CT molecular complexity index is 2240. The van der Waals surface area contributed by atoms with Crippen molar-refractivity contribution in [1.82, 2.24) is 0 Å². The first kappa shape index (κ1) is 29.0. The summed E-state index contributed by atoms with van der Waals surface area (Å²) in [5, 5.41) is 73.3. The summed E-state index contributed by atoms with van der Waals surface area (Å²) in [6.45, 7) is 3.96. The third kappa shape index (κ3) is 3.93. The van der Waals surface area contributed by atoms with Crippen molar-refractivity contribution in [3.05, 3.63) is 76.5 Å². The van der Waals surface area contributed by atoms with Gasteiger partial charge in [-0.15, -0.1) is 0 Å². The van der Waals surface area contributed by atoms with Crippen LogP contribution in [0.25, 0.3) is 54.6 Å². The maximum absolute atomic E-state index is 13.9. The Morgan fingerprint density at radius 1 is 0.786 bits per heavy atom. The number of aliphatic hydroxyl groups excluding tert-OH is 5. The molecule has 11 nitrogen and oxygen atoms in total. The monoisotopic (exact) mass is 576 g/mol. The Morgan fingerprint density at radius 3 is 2.07 bits per heavy atom. The van der Waals surface area contributed by atoms with Gasteiger partial charge in [0.25, 0.3) is 0 Å². The van der Waals surface area contributed by atoms with Gasteiger partial charge in [-0.3, -0.25) is 14.4 Å². The number of aliphatic hydroxyl groups is 5. The lowest BCUT2D eigenvalue weighted by Gasteiger charge is -2.22. The summed E-state index contributed by atoms with van der Waals surface area (Å²) >= 11 is 0. The summed E-state index contributed by atoms with van der Waals surface area (Å²) in [4.78, 5) is 41.2. The Morgan fingerprint density at radius 2 is 1.45 bits per heavy atom. The van der Waals surface area contributed by atoms with E-state index in [1.54, 1.807) is 6.92 Å². The van der Waals surface area contributed by atoms with Crippen molar-refractivity contribution >= 4 is 54.6 Å². The summed E-state index contributed by atoms with van der Waals surface area (Å²) < 4.78 is 4.74. The second-order valence-electron chi connectivity index (χ2n) is 10.5. The smallest absolute Gasteiger partial charge is 0.201 e. The van der Waals surface area contributed by atoms with Crippen molar-refractivity contribution < 1.29 is 40.5 Å². The molecule has 0 saturated heterocycles. The zero-order valence-corrected chi connectivity index (χ0v) is 23.0. The van der Waals surface area contributed by atoms with E-state index in [1.165, 1.54) is 45.2 Å². The Kier molecular flexibility index (Phi) is 6.94. The predicted molar refractivity (Wildman–Crippen MR) is 157 cm³/mol. The third-order valence-corrected chi connectivity index (χ3v) is 7.84. The number of hydrogen-bond acceptors (Lipinski definition) is 11. The van der Waals surface area contributed by atoms with E-state index in [9.17, 15) is 50.1 Å². The van der Waals surface area contributed by atoms with Crippen LogP contribution in [0.15, 0.2) is 38.6 Å². The minimum Gasteiger partial charge on any atom is -0.512 e. The summed E-state index contributed by atoms with van der Waals surface area (Å²) in [6, 6.07) is 5.51. The fourth-order valence-corrected chi connectivity index (χ4v) is 5.89. The highest BCUT2D eigenvalue weighted by atomic mass is 16.5. The molecular weight excluding hydrogens is 548 g/mol. The second kappa shape index (κ2) is 10.1. The molecule has 11 heteroatoms. The molecule has 0 saturated carbocycles. The van der Waals surface area contributed by atoms with Crippen molar-refractivity contribution in [3.8, 4) is 11.5 Å². The minimum absolute atomic E-state index is 0.0418. The van der Waals surface area contributed by atoms with Crippen molar-refractivity contribution in [2.24, 2.45) is 0 Å². The van der Waals surface area contributed by atoms with Crippen molar-refractivity contribution in [1.29, 1.82) is 0 Å². The zero-order valence-electron chi connectivity index (χ0n) is 23.0. The standard InChI is InChI=1S/C31H28O11/c1-10-7-15-20-24-18(14-6-5-13(12(3)32)25(35)21(14)28(20)38)11(2)8-16(33)23(24)29(39)22(15)27(37)19(10)30(40)31(41)26(36)17(34)9-42-4/h5-8,17,26,31-34,36,38,40-41H,9H2,1-4H3/b13-12-,30-19?/t17-,26+,31-/m1/s1. The summed E-state index contributed by atoms with van der Waals surface area (Å²) in [5.74, 6) is -2.35. The van der Waals surface area contributed by atoms with E-state index in [0.29, 0.717) is 10.9 Å². The summed E-state index contributed by atoms with van der Waals surface area (Å²) in [7, 11) is 1.24. The van der Waals surface area contributed by atoms with Crippen LogP contribution in [0.3, 0.4) is 0 Å². The normalized spacial score (nSPS) is 15.9. The average Bonchev–Trinajstić information content (AvgIpc) is 2.91. The first-order valence-corrected chi connectivity index (χ1v) is 12.9. The van der Waals surface area contributed by atoms with E-state index in [4.69, 9.17) is 4.74 Å². The second-order valence-corrected chi connectivity index (χ2v) is 10.5. The van der Waals surface area contributed by atoms with Gasteiger partial charge in [0, 0.05) is 23.3 Å². The van der Waals surface area contributed by atoms with Gasteiger partial charge in [-0.05, 0) is 60.9 Å². The van der Waals surface area contributed by atoms with E-state index in [-0.39, 0.29) is 55.5 Å². The maximum Gasteiger partial charge on any atom is 0.201 e. The van der Waals surface area contributed by atoms with E-state index in [1.807, 2.05) is 0 Å². The molecule has 7 N–H and O–H groups in total. The van der Waals surface area contributed by atoms with E-state index < -0.39 is 62.5 Å². The lowest BCUT2D eigenvalue weighted by atomic mass is 9.86. The van der Waals surface area contributed by atoms with Crippen molar-refractivity contribution in [2.45, 2.75) is 39.1 Å². The average molecular weight is 577 g/mol. The van der Waals surface area contributed by atoms with Crippen LogP contribution in [0, 0.1) is 13.8 Å². The van der Waals surface area contributed by atoms with Crippen LogP contribution >= 0.6 is 0 Å². The molecule has 5 aromatic rings. The number of fused-ring (bicyclic) bond motifs is 4. The Labute approximate surface area is 236 Å². The molecule has 0 aliphatic rings. The first-order valence-electron chi connectivity index (χ1n) is 12.9. The molecule has 3 atom stereocenters. The van der Waals surface area contributed by atoms with Gasteiger partial charge in [0.15, 0.2) is 0 Å². The molecular formula is C31H28O11. The predicted octanol–water partition coefficient (Wildman–Crippen LogP) is 0.365. The number of aryl methyl sites for hydroxylation is 2. The lowest BCUT2D eigenvalue weighted by molar-refractivity contribution is -0.0707. The molecule has 0 bridgehead atoms. The molecule has 5 rings (SSSR count). The van der Waals surface area contributed by atoms with Crippen LogP contribution in [0.4, 0.5) is 0 Å². The SMILES string of the molecule is COC[C@@H](O)[C@H](O)[C@@H](O)C(O)=c1c(C)cc2c(c1=O)c(=O)c1c(O)cc(C)c3c4cc/c(=C(\C)O)c(=O)c4c(O)c2c13. The summed E-state index contributed by atoms with van der Waals surface area (Å²) in [5.41, 5.74) is -2.18. The minimum atomic E-state index is -2.14. The number of rotatable bonds is 5. The van der Waals surface area contributed by atoms with E-state index in [0.717, 1.165) is 0 Å². The highest BCUT2D eigenvalue weighted by Crippen LogP contribution is 2.45. The molecule has 218 valence electrons.